The largest absolute Gasteiger partial charge is 0.478 e. The molecule has 0 bridgehead atoms. The highest BCUT2D eigenvalue weighted by atomic mass is 19.1. The van der Waals surface area contributed by atoms with Crippen LogP contribution in [0.15, 0.2) is 24.3 Å². The van der Waals surface area contributed by atoms with Gasteiger partial charge in [-0.2, -0.15) is 0 Å². The molecule has 1 aromatic carbocycles. The van der Waals surface area contributed by atoms with Crippen molar-refractivity contribution in [1.82, 2.24) is 0 Å². The van der Waals surface area contributed by atoms with Crippen LogP contribution in [0.4, 0.5) is 4.39 Å². The van der Waals surface area contributed by atoms with Gasteiger partial charge in [0.15, 0.2) is 17.7 Å². The number of carbonyl (C=O) groups excluding carboxylic acids is 1. The minimum absolute atomic E-state index is 0.0811. The van der Waals surface area contributed by atoms with E-state index >= 15 is 0 Å². The summed E-state index contributed by atoms with van der Waals surface area (Å²) in [6.07, 6.45) is 1.64. The molecule has 0 heterocycles. The number of rotatable bonds is 7. The normalized spacial score (nSPS) is 12.1. The standard InChI is InChI=1S/C15H17FO5/c1-3-12(15(19)20-4-2)21-13-7-5-10(9-11(13)16)6-8-14(17)18/h5-9,12H,3-4H2,1-2H3,(H,17,18)/b8-6+. The first-order valence-electron chi connectivity index (χ1n) is 6.51. The van der Waals surface area contributed by atoms with Crippen LogP contribution < -0.4 is 4.74 Å². The smallest absolute Gasteiger partial charge is 0.347 e. The fourth-order valence-electron chi connectivity index (χ4n) is 1.57. The third-order valence-electron chi connectivity index (χ3n) is 2.56. The lowest BCUT2D eigenvalue weighted by atomic mass is 10.2. The molecule has 1 rings (SSSR count). The van der Waals surface area contributed by atoms with Crippen molar-refractivity contribution < 1.29 is 28.6 Å². The van der Waals surface area contributed by atoms with Gasteiger partial charge in [0.05, 0.1) is 6.61 Å². The van der Waals surface area contributed by atoms with Crippen LogP contribution in [0.1, 0.15) is 25.8 Å². The zero-order valence-electron chi connectivity index (χ0n) is 11.8. The lowest BCUT2D eigenvalue weighted by Gasteiger charge is -2.16. The van der Waals surface area contributed by atoms with Gasteiger partial charge in [0.2, 0.25) is 0 Å². The summed E-state index contributed by atoms with van der Waals surface area (Å²) in [5.41, 5.74) is 0.381. The van der Waals surface area contributed by atoms with Crippen LogP contribution in [0.25, 0.3) is 6.08 Å². The van der Waals surface area contributed by atoms with E-state index in [1.807, 2.05) is 0 Å². The van der Waals surface area contributed by atoms with Gasteiger partial charge in [0, 0.05) is 6.08 Å². The summed E-state index contributed by atoms with van der Waals surface area (Å²) in [5, 5.41) is 8.50. The molecule has 1 aromatic rings. The average molecular weight is 296 g/mol. The third kappa shape index (κ3) is 5.25. The summed E-state index contributed by atoms with van der Waals surface area (Å²) in [5.74, 6) is -2.42. The number of hydrogen-bond acceptors (Lipinski definition) is 4. The minimum Gasteiger partial charge on any atom is -0.478 e. The van der Waals surface area contributed by atoms with Gasteiger partial charge in [-0.05, 0) is 37.1 Å². The first kappa shape index (κ1) is 16.7. The second-order valence-corrected chi connectivity index (χ2v) is 4.13. The Bertz CT molecular complexity index is 539. The lowest BCUT2D eigenvalue weighted by molar-refractivity contribution is -0.151. The summed E-state index contributed by atoms with van der Waals surface area (Å²) in [7, 11) is 0. The molecule has 5 nitrogen and oxygen atoms in total. The molecule has 0 spiro atoms. The maximum Gasteiger partial charge on any atom is 0.347 e. The van der Waals surface area contributed by atoms with Crippen LogP contribution in [-0.2, 0) is 14.3 Å². The van der Waals surface area contributed by atoms with E-state index in [4.69, 9.17) is 14.6 Å². The summed E-state index contributed by atoms with van der Waals surface area (Å²) in [6.45, 7) is 3.62. The van der Waals surface area contributed by atoms with Crippen molar-refractivity contribution in [3.8, 4) is 5.75 Å². The molecule has 0 saturated heterocycles. The number of halogens is 1. The van der Waals surface area contributed by atoms with Crippen LogP contribution in [-0.4, -0.2) is 29.8 Å². The topological polar surface area (TPSA) is 72.8 Å². The number of ether oxygens (including phenoxy) is 2. The van der Waals surface area contributed by atoms with E-state index in [9.17, 15) is 14.0 Å². The quantitative estimate of drug-likeness (QED) is 0.618. The Labute approximate surface area is 122 Å². The van der Waals surface area contributed by atoms with Crippen molar-refractivity contribution in [2.24, 2.45) is 0 Å². The minimum atomic E-state index is -1.12. The van der Waals surface area contributed by atoms with Gasteiger partial charge in [-0.15, -0.1) is 0 Å². The Morgan fingerprint density at radius 3 is 2.62 bits per heavy atom. The van der Waals surface area contributed by atoms with E-state index in [2.05, 4.69) is 0 Å². The first-order valence-corrected chi connectivity index (χ1v) is 6.51. The fraction of sp³-hybridized carbons (Fsp3) is 0.333. The summed E-state index contributed by atoms with van der Waals surface area (Å²) >= 11 is 0. The Kier molecular flexibility index (Phi) is 6.39. The monoisotopic (exact) mass is 296 g/mol. The van der Waals surface area contributed by atoms with Crippen LogP contribution >= 0.6 is 0 Å². The van der Waals surface area contributed by atoms with Crippen LogP contribution in [0.3, 0.4) is 0 Å². The van der Waals surface area contributed by atoms with Crippen molar-refractivity contribution in [3.05, 3.63) is 35.7 Å². The average Bonchev–Trinajstić information content (AvgIpc) is 2.44. The number of esters is 1. The number of carboxylic acids is 1. The highest BCUT2D eigenvalue weighted by molar-refractivity contribution is 5.85. The van der Waals surface area contributed by atoms with Gasteiger partial charge in [0.1, 0.15) is 0 Å². The maximum absolute atomic E-state index is 13.9. The van der Waals surface area contributed by atoms with Gasteiger partial charge in [0.25, 0.3) is 0 Å². The predicted octanol–water partition coefficient (Wildman–Crippen LogP) is 2.64. The molecule has 114 valence electrons. The van der Waals surface area contributed by atoms with Gasteiger partial charge in [-0.1, -0.05) is 13.0 Å². The number of benzene rings is 1. The SMILES string of the molecule is CCOC(=O)C(CC)Oc1ccc(/C=C/C(=O)O)cc1F. The molecule has 0 amide bonds. The van der Waals surface area contributed by atoms with Crippen molar-refractivity contribution in [3.63, 3.8) is 0 Å². The van der Waals surface area contributed by atoms with Crippen LogP contribution in [0, 0.1) is 5.82 Å². The molecule has 1 atom stereocenters. The van der Waals surface area contributed by atoms with Gasteiger partial charge in [-0.25, -0.2) is 14.0 Å². The second-order valence-electron chi connectivity index (χ2n) is 4.13. The third-order valence-corrected chi connectivity index (χ3v) is 2.56. The number of aliphatic carboxylic acids is 1. The fourth-order valence-corrected chi connectivity index (χ4v) is 1.57. The molecule has 0 aliphatic heterocycles. The van der Waals surface area contributed by atoms with Crippen molar-refractivity contribution in [2.75, 3.05) is 6.61 Å². The van der Waals surface area contributed by atoms with E-state index in [-0.39, 0.29) is 12.4 Å². The Hall–Kier alpha value is -2.37. The summed E-state index contributed by atoms with van der Waals surface area (Å²) in [4.78, 5) is 22.0. The van der Waals surface area contributed by atoms with Crippen LogP contribution in [0.5, 0.6) is 5.75 Å². The van der Waals surface area contributed by atoms with E-state index in [1.54, 1.807) is 13.8 Å². The van der Waals surface area contributed by atoms with Gasteiger partial charge in [-0.3, -0.25) is 0 Å². The van der Waals surface area contributed by atoms with Gasteiger partial charge >= 0.3 is 11.9 Å². The molecule has 0 aliphatic rings. The van der Waals surface area contributed by atoms with E-state index < -0.39 is 23.9 Å². The molecule has 0 saturated carbocycles. The molecular weight excluding hydrogens is 279 g/mol. The summed E-state index contributed by atoms with van der Waals surface area (Å²) < 4.78 is 24.0. The first-order chi connectivity index (χ1) is 9.97. The van der Waals surface area contributed by atoms with E-state index in [0.717, 1.165) is 12.1 Å². The Balaban J connectivity index is 2.84. The molecule has 21 heavy (non-hydrogen) atoms. The molecule has 0 aromatic heterocycles. The van der Waals surface area contributed by atoms with Crippen molar-refractivity contribution in [2.45, 2.75) is 26.4 Å². The lowest BCUT2D eigenvalue weighted by Crippen LogP contribution is -2.29. The zero-order valence-corrected chi connectivity index (χ0v) is 11.8. The molecule has 0 aliphatic carbocycles. The number of hydrogen-bond donors (Lipinski definition) is 1. The zero-order chi connectivity index (χ0) is 15.8. The molecular formula is C15H17FO5. The Morgan fingerprint density at radius 1 is 1.38 bits per heavy atom. The highest BCUT2D eigenvalue weighted by Gasteiger charge is 2.21. The van der Waals surface area contributed by atoms with Crippen LogP contribution in [0.2, 0.25) is 0 Å². The molecule has 0 radical (unpaired) electrons. The Morgan fingerprint density at radius 2 is 2.10 bits per heavy atom. The van der Waals surface area contributed by atoms with Crippen molar-refractivity contribution >= 4 is 18.0 Å². The van der Waals surface area contributed by atoms with E-state index in [0.29, 0.717) is 12.0 Å². The maximum atomic E-state index is 13.9. The second kappa shape index (κ2) is 8.04. The molecule has 1 N–H and O–H groups in total. The predicted molar refractivity (Wildman–Crippen MR) is 74.4 cm³/mol. The summed E-state index contributed by atoms with van der Waals surface area (Å²) in [6, 6.07) is 3.97. The number of carboxylic acid groups (broad SMARTS) is 1. The van der Waals surface area contributed by atoms with E-state index in [1.165, 1.54) is 18.2 Å². The van der Waals surface area contributed by atoms with Crippen molar-refractivity contribution in [1.29, 1.82) is 0 Å². The number of carbonyl (C=O) groups is 2. The molecule has 1 unspecified atom stereocenters. The van der Waals surface area contributed by atoms with Gasteiger partial charge < -0.3 is 14.6 Å². The molecule has 6 heteroatoms. The highest BCUT2D eigenvalue weighted by Crippen LogP contribution is 2.21. The molecule has 0 fully saturated rings.